The van der Waals surface area contributed by atoms with Crippen LogP contribution in [-0.4, -0.2) is 21.5 Å². The van der Waals surface area contributed by atoms with Gasteiger partial charge in [-0.1, -0.05) is 19.9 Å². The van der Waals surface area contributed by atoms with Gasteiger partial charge >= 0.3 is 0 Å². The highest BCUT2D eigenvalue weighted by atomic mass is 14.9. The number of hydrogen-bond acceptors (Lipinski definition) is 4. The summed E-state index contributed by atoms with van der Waals surface area (Å²) in [6, 6.07) is 5.88. The molecule has 2 aromatic heterocycles. The van der Waals surface area contributed by atoms with Gasteiger partial charge in [-0.25, -0.2) is 9.97 Å². The van der Waals surface area contributed by atoms with E-state index >= 15 is 0 Å². The normalized spacial score (nSPS) is 10.9. The van der Waals surface area contributed by atoms with Gasteiger partial charge in [-0.05, 0) is 24.6 Å². The average molecular weight is 256 g/mol. The van der Waals surface area contributed by atoms with Crippen LogP contribution in [0, 0.1) is 5.92 Å². The van der Waals surface area contributed by atoms with Gasteiger partial charge in [0.15, 0.2) is 0 Å². The van der Waals surface area contributed by atoms with E-state index in [0.717, 1.165) is 30.2 Å². The van der Waals surface area contributed by atoms with Crippen LogP contribution < -0.4 is 5.32 Å². The lowest BCUT2D eigenvalue weighted by Gasteiger charge is -2.07. The van der Waals surface area contributed by atoms with Gasteiger partial charge in [-0.2, -0.15) is 0 Å². The molecular weight excluding hydrogens is 236 g/mol. The molecule has 0 aliphatic heterocycles. The third kappa shape index (κ3) is 4.75. The first-order valence-electron chi connectivity index (χ1n) is 6.64. The van der Waals surface area contributed by atoms with Crippen LogP contribution in [0.5, 0.6) is 0 Å². The van der Waals surface area contributed by atoms with Crippen LogP contribution in [-0.2, 0) is 13.0 Å². The van der Waals surface area contributed by atoms with Crippen molar-refractivity contribution >= 4 is 0 Å². The molecule has 2 heterocycles. The van der Waals surface area contributed by atoms with Crippen molar-refractivity contribution in [3.05, 3.63) is 53.9 Å². The van der Waals surface area contributed by atoms with Crippen LogP contribution in [0.2, 0.25) is 0 Å². The number of hydrogen-bond donors (Lipinski definition) is 1. The van der Waals surface area contributed by atoms with Crippen molar-refractivity contribution in [1.29, 1.82) is 0 Å². The van der Waals surface area contributed by atoms with Gasteiger partial charge in [0.2, 0.25) is 0 Å². The lowest BCUT2D eigenvalue weighted by atomic mass is 10.2. The van der Waals surface area contributed by atoms with Crippen molar-refractivity contribution in [2.75, 3.05) is 6.54 Å². The Morgan fingerprint density at radius 3 is 2.53 bits per heavy atom. The Balaban J connectivity index is 1.88. The van der Waals surface area contributed by atoms with E-state index in [1.807, 2.05) is 30.6 Å². The van der Waals surface area contributed by atoms with Gasteiger partial charge in [0.25, 0.3) is 0 Å². The molecule has 0 amide bonds. The molecule has 0 spiro atoms. The van der Waals surface area contributed by atoms with Crippen LogP contribution in [0.4, 0.5) is 0 Å². The van der Waals surface area contributed by atoms with Gasteiger partial charge in [0.1, 0.15) is 5.82 Å². The summed E-state index contributed by atoms with van der Waals surface area (Å²) in [6.07, 6.45) is 6.25. The van der Waals surface area contributed by atoms with E-state index in [9.17, 15) is 0 Å². The molecule has 100 valence electrons. The number of rotatable bonds is 6. The maximum absolute atomic E-state index is 4.38. The van der Waals surface area contributed by atoms with Gasteiger partial charge in [0.05, 0.1) is 0 Å². The first-order valence-corrected chi connectivity index (χ1v) is 6.64. The second kappa shape index (κ2) is 6.95. The summed E-state index contributed by atoms with van der Waals surface area (Å²) in [5.41, 5.74) is 2.11. The van der Waals surface area contributed by atoms with Crippen LogP contribution in [0.1, 0.15) is 30.9 Å². The molecule has 0 atom stereocenters. The summed E-state index contributed by atoms with van der Waals surface area (Å²) in [6.45, 7) is 6.22. The van der Waals surface area contributed by atoms with E-state index < -0.39 is 0 Å². The zero-order chi connectivity index (χ0) is 13.5. The fourth-order valence-electron chi connectivity index (χ4n) is 1.73. The molecule has 1 N–H and O–H groups in total. The van der Waals surface area contributed by atoms with Crippen molar-refractivity contribution in [3.8, 4) is 0 Å². The largest absolute Gasteiger partial charge is 0.312 e. The van der Waals surface area contributed by atoms with Crippen molar-refractivity contribution in [1.82, 2.24) is 20.3 Å². The summed E-state index contributed by atoms with van der Waals surface area (Å²) < 4.78 is 0. The van der Waals surface area contributed by atoms with Crippen LogP contribution in [0.3, 0.4) is 0 Å². The Bertz CT molecular complexity index is 479. The molecule has 0 aliphatic rings. The van der Waals surface area contributed by atoms with E-state index in [-0.39, 0.29) is 0 Å². The molecule has 4 nitrogen and oxygen atoms in total. The molecule has 0 saturated carbocycles. The van der Waals surface area contributed by atoms with Crippen molar-refractivity contribution in [2.24, 2.45) is 5.92 Å². The van der Waals surface area contributed by atoms with Gasteiger partial charge < -0.3 is 5.32 Å². The molecule has 0 fully saturated rings. The zero-order valence-electron chi connectivity index (χ0n) is 11.5. The summed E-state index contributed by atoms with van der Waals surface area (Å²) >= 11 is 0. The van der Waals surface area contributed by atoms with Gasteiger partial charge in [0, 0.05) is 42.8 Å². The molecule has 0 unspecified atom stereocenters. The minimum Gasteiger partial charge on any atom is -0.312 e. The van der Waals surface area contributed by atoms with E-state index in [2.05, 4.69) is 34.1 Å². The minimum absolute atomic E-state index is 0.657. The summed E-state index contributed by atoms with van der Waals surface area (Å²) in [7, 11) is 0. The lowest BCUT2D eigenvalue weighted by molar-refractivity contribution is 0.551. The Kier molecular flexibility index (Phi) is 4.98. The van der Waals surface area contributed by atoms with E-state index in [1.54, 1.807) is 6.20 Å². The molecule has 0 bridgehead atoms. The van der Waals surface area contributed by atoms with Crippen molar-refractivity contribution in [2.45, 2.75) is 26.8 Å². The maximum Gasteiger partial charge on any atom is 0.134 e. The van der Waals surface area contributed by atoms with Crippen LogP contribution in [0.25, 0.3) is 0 Å². The summed E-state index contributed by atoms with van der Waals surface area (Å²) in [5.74, 6) is 1.47. The smallest absolute Gasteiger partial charge is 0.134 e. The molecule has 0 aliphatic carbocycles. The first-order chi connectivity index (χ1) is 9.24. The van der Waals surface area contributed by atoms with E-state index in [0.29, 0.717) is 12.3 Å². The number of aromatic nitrogens is 3. The lowest BCUT2D eigenvalue weighted by Crippen LogP contribution is -2.19. The highest BCUT2D eigenvalue weighted by Crippen LogP contribution is 2.02. The number of nitrogens with one attached hydrogen (secondary N) is 1. The van der Waals surface area contributed by atoms with E-state index in [1.165, 1.54) is 0 Å². The zero-order valence-corrected chi connectivity index (χ0v) is 11.5. The highest BCUT2D eigenvalue weighted by molar-refractivity contribution is 5.12. The minimum atomic E-state index is 0.657. The predicted octanol–water partition coefficient (Wildman–Crippen LogP) is 2.21. The third-order valence-electron chi connectivity index (χ3n) is 2.71. The molecular formula is C15H20N4. The Morgan fingerprint density at radius 2 is 1.89 bits per heavy atom. The highest BCUT2D eigenvalue weighted by Gasteiger charge is 2.01. The quantitative estimate of drug-likeness (QED) is 0.861. The Labute approximate surface area is 114 Å². The second-order valence-electron chi connectivity index (χ2n) is 5.03. The molecule has 0 saturated heterocycles. The Morgan fingerprint density at radius 1 is 1.11 bits per heavy atom. The van der Waals surface area contributed by atoms with Crippen LogP contribution >= 0.6 is 0 Å². The molecule has 2 rings (SSSR count). The monoisotopic (exact) mass is 256 g/mol. The average Bonchev–Trinajstić information content (AvgIpc) is 2.42. The first kappa shape index (κ1) is 13.6. The van der Waals surface area contributed by atoms with Gasteiger partial charge in [-0.15, -0.1) is 0 Å². The maximum atomic E-state index is 4.38. The molecule has 0 radical (unpaired) electrons. The standard InChI is InChI=1S/C15H20N4/c1-12(2)8-16-9-13-10-18-15(19-11-13)7-14-5-3-4-6-17-14/h3-6,10-12,16H,7-9H2,1-2H3. The number of nitrogens with zero attached hydrogens (tertiary/aromatic N) is 3. The molecule has 4 heteroatoms. The molecule has 0 aromatic carbocycles. The summed E-state index contributed by atoms with van der Waals surface area (Å²) in [4.78, 5) is 13.0. The number of pyridine rings is 1. The molecule has 2 aromatic rings. The third-order valence-corrected chi connectivity index (χ3v) is 2.71. The fraction of sp³-hybridized carbons (Fsp3) is 0.400. The van der Waals surface area contributed by atoms with Crippen molar-refractivity contribution in [3.63, 3.8) is 0 Å². The predicted molar refractivity (Wildman–Crippen MR) is 75.6 cm³/mol. The SMILES string of the molecule is CC(C)CNCc1cnc(Cc2ccccn2)nc1. The fourth-order valence-corrected chi connectivity index (χ4v) is 1.73. The van der Waals surface area contributed by atoms with E-state index in [4.69, 9.17) is 0 Å². The van der Waals surface area contributed by atoms with Gasteiger partial charge in [-0.3, -0.25) is 4.98 Å². The second-order valence-corrected chi connectivity index (χ2v) is 5.03. The summed E-state index contributed by atoms with van der Waals surface area (Å²) in [5, 5.41) is 3.38. The topological polar surface area (TPSA) is 50.7 Å². The molecule has 19 heavy (non-hydrogen) atoms. The Hall–Kier alpha value is -1.81. The van der Waals surface area contributed by atoms with Crippen LogP contribution in [0.15, 0.2) is 36.8 Å². The van der Waals surface area contributed by atoms with Crippen molar-refractivity contribution < 1.29 is 0 Å².